The Labute approximate surface area is 139 Å². The molecule has 5 nitrogen and oxygen atoms in total. The summed E-state index contributed by atoms with van der Waals surface area (Å²) in [6, 6.07) is 16.5. The molecule has 2 rings (SSSR count). The van der Waals surface area contributed by atoms with E-state index >= 15 is 0 Å². The maximum Gasteiger partial charge on any atom is 0.412 e. The summed E-state index contributed by atoms with van der Waals surface area (Å²) in [4.78, 5) is 11.4. The quantitative estimate of drug-likeness (QED) is 0.748. The van der Waals surface area contributed by atoms with Gasteiger partial charge in [0.25, 0.3) is 0 Å². The second-order valence-corrected chi connectivity index (χ2v) is 7.83. The first kappa shape index (κ1) is 17.5. The highest BCUT2D eigenvalue weighted by atomic mass is 35.7. The largest absolute Gasteiger partial charge is 0.480 e. The molecular formula is C16H17ClNO4P. The first-order valence-corrected chi connectivity index (χ1v) is 9.46. The van der Waals surface area contributed by atoms with Crippen molar-refractivity contribution in [3.8, 4) is 5.75 Å². The van der Waals surface area contributed by atoms with Gasteiger partial charge in [0, 0.05) is 17.8 Å². The summed E-state index contributed by atoms with van der Waals surface area (Å²) in [7, 11) is 0. The van der Waals surface area contributed by atoms with Gasteiger partial charge in [0.05, 0.1) is 0 Å². The summed E-state index contributed by atoms with van der Waals surface area (Å²) in [6.07, 6.45) is 0. The average molecular weight is 354 g/mol. The molecule has 0 saturated carbocycles. The fraction of sp³-hybridized carbons (Fsp3) is 0.188. The lowest BCUT2D eigenvalue weighted by Crippen LogP contribution is -2.36. The molecule has 7 heteroatoms. The van der Waals surface area contributed by atoms with Crippen LogP contribution in [0.5, 0.6) is 5.75 Å². The van der Waals surface area contributed by atoms with Gasteiger partial charge in [-0.1, -0.05) is 48.5 Å². The monoisotopic (exact) mass is 353 g/mol. The van der Waals surface area contributed by atoms with E-state index in [0.29, 0.717) is 5.75 Å². The van der Waals surface area contributed by atoms with Crippen LogP contribution in [-0.2, 0) is 15.9 Å². The zero-order chi connectivity index (χ0) is 16.9. The first-order valence-electron chi connectivity index (χ1n) is 6.98. The summed E-state index contributed by atoms with van der Waals surface area (Å²) in [6.45, 7) is -2.35. The van der Waals surface area contributed by atoms with Crippen molar-refractivity contribution in [2.75, 3.05) is 0 Å². The number of hydrogen-bond acceptors (Lipinski definition) is 3. The van der Waals surface area contributed by atoms with Gasteiger partial charge in [-0.05, 0) is 24.6 Å². The third-order valence-electron chi connectivity index (χ3n) is 3.26. The lowest BCUT2D eigenvalue weighted by atomic mass is 10.2. The van der Waals surface area contributed by atoms with Gasteiger partial charge in [-0.3, -0.25) is 4.79 Å². The molecule has 0 amide bonds. The zero-order valence-corrected chi connectivity index (χ0v) is 14.2. The topological polar surface area (TPSA) is 66.8 Å². The highest BCUT2D eigenvalue weighted by Gasteiger charge is 2.38. The van der Waals surface area contributed by atoms with Crippen molar-refractivity contribution in [2.45, 2.75) is 19.5 Å². The third-order valence-corrected chi connectivity index (χ3v) is 5.59. The predicted octanol–water partition coefficient (Wildman–Crippen LogP) is 4.39. The Balaban J connectivity index is 2.28. The Morgan fingerprint density at radius 1 is 1.17 bits per heavy atom. The van der Waals surface area contributed by atoms with E-state index in [1.165, 1.54) is 11.6 Å². The molecule has 0 saturated heterocycles. The maximum absolute atomic E-state index is 12.8. The Kier molecular flexibility index (Phi) is 5.83. The van der Waals surface area contributed by atoms with Gasteiger partial charge in [0.2, 0.25) is 0 Å². The van der Waals surface area contributed by atoms with Crippen molar-refractivity contribution >= 4 is 24.1 Å². The van der Waals surface area contributed by atoms with Crippen molar-refractivity contribution in [3.05, 3.63) is 66.2 Å². The summed E-state index contributed by atoms with van der Waals surface area (Å²) in [5.74, 6) is -0.806. The Morgan fingerprint density at radius 3 is 2.22 bits per heavy atom. The van der Waals surface area contributed by atoms with Gasteiger partial charge in [-0.25, -0.2) is 4.57 Å². The molecule has 0 aliphatic rings. The van der Waals surface area contributed by atoms with Gasteiger partial charge >= 0.3 is 12.8 Å². The van der Waals surface area contributed by atoms with Crippen LogP contribution in [-0.4, -0.2) is 21.8 Å². The van der Waals surface area contributed by atoms with Crippen LogP contribution in [0.3, 0.4) is 0 Å². The lowest BCUT2D eigenvalue weighted by molar-refractivity contribution is -0.141. The normalized spacial score (nSPS) is 14.9. The molecule has 2 aromatic rings. The van der Waals surface area contributed by atoms with Crippen LogP contribution in [0.25, 0.3) is 0 Å². The minimum atomic E-state index is -3.88. The minimum absolute atomic E-state index is 0.0991. The van der Waals surface area contributed by atoms with Crippen molar-refractivity contribution in [1.29, 1.82) is 0 Å². The van der Waals surface area contributed by atoms with Crippen LogP contribution in [0.2, 0.25) is 0 Å². The minimum Gasteiger partial charge on any atom is -0.480 e. The van der Waals surface area contributed by atoms with Crippen molar-refractivity contribution < 1.29 is 19.0 Å². The molecular weight excluding hydrogens is 337 g/mol. The molecule has 2 atom stereocenters. The summed E-state index contributed by atoms with van der Waals surface area (Å²) < 4.78 is 19.4. The van der Waals surface area contributed by atoms with Crippen LogP contribution in [0, 0.1) is 0 Å². The molecule has 0 aliphatic heterocycles. The molecule has 0 fully saturated rings. The molecule has 0 radical (unpaired) electrons. The number of carboxylic acids is 1. The predicted molar refractivity (Wildman–Crippen MR) is 89.6 cm³/mol. The summed E-state index contributed by atoms with van der Waals surface area (Å²) in [5, 5.41) is 9.28. The summed E-state index contributed by atoms with van der Waals surface area (Å²) in [5.41, 5.74) is 0.790. The molecule has 23 heavy (non-hydrogen) atoms. The number of aliphatic carboxylic acids is 1. The van der Waals surface area contributed by atoms with E-state index in [2.05, 4.69) is 0 Å². The third kappa shape index (κ3) is 4.83. The van der Waals surface area contributed by atoms with Crippen LogP contribution < -0.4 is 4.52 Å². The Hall–Kier alpha value is -1.81. The number of carbonyl (C=O) groups is 1. The first-order chi connectivity index (χ1) is 10.9. The molecule has 0 bridgehead atoms. The Morgan fingerprint density at radius 2 is 1.70 bits per heavy atom. The number of para-hydroxylation sites is 1. The number of hydrogen-bond donors (Lipinski definition) is 1. The second kappa shape index (κ2) is 7.64. The molecule has 122 valence electrons. The second-order valence-electron chi connectivity index (χ2n) is 4.95. The number of nitrogens with zero attached hydrogens (tertiary/aromatic N) is 1. The highest BCUT2D eigenvalue weighted by Crippen LogP contribution is 2.57. The number of rotatable bonds is 7. The number of carboxylic acid groups (broad SMARTS) is 1. The van der Waals surface area contributed by atoms with Crippen LogP contribution in [0.15, 0.2) is 60.7 Å². The van der Waals surface area contributed by atoms with E-state index < -0.39 is 18.9 Å². The zero-order valence-electron chi connectivity index (χ0n) is 12.5. The molecule has 1 N–H and O–H groups in total. The SMILES string of the molecule is C[C@@H](C(=O)O)N(Cc1ccccc1)P(=O)(Cl)Oc1ccccc1. The van der Waals surface area contributed by atoms with E-state index in [1.807, 2.05) is 18.2 Å². The van der Waals surface area contributed by atoms with E-state index in [9.17, 15) is 14.5 Å². The smallest absolute Gasteiger partial charge is 0.412 e. The van der Waals surface area contributed by atoms with E-state index in [0.717, 1.165) is 5.56 Å². The van der Waals surface area contributed by atoms with Gasteiger partial charge in [0.1, 0.15) is 11.8 Å². The van der Waals surface area contributed by atoms with Crippen molar-refractivity contribution in [2.24, 2.45) is 0 Å². The molecule has 0 aromatic heterocycles. The number of benzene rings is 2. The van der Waals surface area contributed by atoms with Crippen LogP contribution >= 0.6 is 18.1 Å². The molecule has 0 aliphatic carbocycles. The molecule has 0 spiro atoms. The van der Waals surface area contributed by atoms with Gasteiger partial charge in [0.15, 0.2) is 0 Å². The average Bonchev–Trinajstić information content (AvgIpc) is 2.53. The maximum atomic E-state index is 12.8. The van der Waals surface area contributed by atoms with Crippen molar-refractivity contribution in [3.63, 3.8) is 0 Å². The van der Waals surface area contributed by atoms with E-state index in [1.54, 1.807) is 42.5 Å². The van der Waals surface area contributed by atoms with E-state index in [4.69, 9.17) is 15.8 Å². The fourth-order valence-electron chi connectivity index (χ4n) is 1.99. The summed E-state index contributed by atoms with van der Waals surface area (Å²) >= 11 is 6.12. The lowest BCUT2D eigenvalue weighted by Gasteiger charge is -2.29. The molecule has 1 unspecified atom stereocenters. The highest BCUT2D eigenvalue weighted by molar-refractivity contribution is 7.83. The van der Waals surface area contributed by atoms with Crippen molar-refractivity contribution in [1.82, 2.24) is 4.67 Å². The van der Waals surface area contributed by atoms with Crippen LogP contribution in [0.1, 0.15) is 12.5 Å². The van der Waals surface area contributed by atoms with E-state index in [-0.39, 0.29) is 6.54 Å². The van der Waals surface area contributed by atoms with Gasteiger partial charge in [-0.15, -0.1) is 0 Å². The van der Waals surface area contributed by atoms with Crippen LogP contribution in [0.4, 0.5) is 0 Å². The van der Waals surface area contributed by atoms with Gasteiger partial charge < -0.3 is 9.63 Å². The number of halogens is 1. The fourth-order valence-corrected chi connectivity index (χ4v) is 4.11. The molecule has 2 aromatic carbocycles. The molecule has 0 heterocycles. The Bertz CT molecular complexity index is 696. The van der Waals surface area contributed by atoms with Gasteiger partial charge in [-0.2, -0.15) is 4.67 Å². The standard InChI is InChI=1S/C16H17ClNO4P/c1-13(16(19)20)18(12-14-8-4-2-5-9-14)23(17,21)22-15-10-6-3-7-11-15/h2-11,13H,12H2,1H3,(H,19,20)/t13-,23?/m0/s1.